The predicted octanol–water partition coefficient (Wildman–Crippen LogP) is 1.91. The number of anilines is 2. The van der Waals surface area contributed by atoms with Gasteiger partial charge in [0.2, 0.25) is 5.91 Å². The third-order valence-electron chi connectivity index (χ3n) is 4.42. The van der Waals surface area contributed by atoms with Crippen molar-refractivity contribution in [2.24, 2.45) is 5.92 Å². The van der Waals surface area contributed by atoms with E-state index in [2.05, 4.69) is 30.3 Å². The van der Waals surface area contributed by atoms with E-state index in [1.54, 1.807) is 29.3 Å². The van der Waals surface area contributed by atoms with Crippen molar-refractivity contribution < 1.29 is 4.79 Å². The summed E-state index contributed by atoms with van der Waals surface area (Å²) in [4.78, 5) is 27.4. The van der Waals surface area contributed by atoms with Gasteiger partial charge in [0.1, 0.15) is 12.1 Å². The third kappa shape index (κ3) is 3.53. The molecule has 1 atom stereocenters. The zero-order chi connectivity index (χ0) is 17.8. The van der Waals surface area contributed by atoms with Gasteiger partial charge in [-0.25, -0.2) is 14.6 Å². The van der Waals surface area contributed by atoms with Gasteiger partial charge in [0.25, 0.3) is 0 Å². The second-order valence-electron chi connectivity index (χ2n) is 6.20. The SMILES string of the molecule is O=C(Nc1cccnc1)[C@@H]1CCCN(c2cc(-n3cccn3)ncn2)C1. The number of nitrogens with one attached hydrogen (secondary N) is 1. The van der Waals surface area contributed by atoms with Crippen molar-refractivity contribution in [3.05, 3.63) is 55.4 Å². The number of nitrogens with zero attached hydrogens (tertiary/aromatic N) is 6. The maximum atomic E-state index is 12.6. The summed E-state index contributed by atoms with van der Waals surface area (Å²) in [6.07, 6.45) is 10.2. The van der Waals surface area contributed by atoms with Crippen LogP contribution in [-0.2, 0) is 4.79 Å². The molecule has 1 aliphatic heterocycles. The van der Waals surface area contributed by atoms with Gasteiger partial charge in [-0.1, -0.05) is 0 Å². The maximum absolute atomic E-state index is 12.6. The van der Waals surface area contributed by atoms with Gasteiger partial charge in [-0.05, 0) is 31.0 Å². The number of hydrogen-bond acceptors (Lipinski definition) is 6. The molecule has 0 unspecified atom stereocenters. The van der Waals surface area contributed by atoms with Crippen LogP contribution in [-0.4, -0.2) is 43.7 Å². The Labute approximate surface area is 150 Å². The molecule has 0 radical (unpaired) electrons. The summed E-state index contributed by atoms with van der Waals surface area (Å²) in [5, 5.41) is 7.14. The number of rotatable bonds is 4. The van der Waals surface area contributed by atoms with Crippen LogP contribution in [0.2, 0.25) is 0 Å². The Bertz CT molecular complexity index is 866. The topological polar surface area (TPSA) is 88.8 Å². The van der Waals surface area contributed by atoms with E-state index in [1.807, 2.05) is 24.4 Å². The van der Waals surface area contributed by atoms with Crippen molar-refractivity contribution in [1.29, 1.82) is 0 Å². The second kappa shape index (κ2) is 7.30. The molecule has 0 aliphatic carbocycles. The summed E-state index contributed by atoms with van der Waals surface area (Å²) in [6, 6.07) is 7.39. The standard InChI is InChI=1S/C18H19N7O/c26-18(23-15-5-1-6-19-11-15)14-4-2-8-24(12-14)16-10-17(21-13-20-16)25-9-3-7-22-25/h1,3,5-7,9-11,13-14H,2,4,8,12H2,(H,23,26)/t14-/m1/s1. The van der Waals surface area contributed by atoms with Crippen molar-refractivity contribution >= 4 is 17.4 Å². The molecule has 0 bridgehead atoms. The van der Waals surface area contributed by atoms with E-state index in [-0.39, 0.29) is 11.8 Å². The highest BCUT2D eigenvalue weighted by Gasteiger charge is 2.27. The zero-order valence-corrected chi connectivity index (χ0v) is 14.2. The van der Waals surface area contributed by atoms with Crippen LogP contribution < -0.4 is 10.2 Å². The Morgan fingerprint density at radius 1 is 1.19 bits per heavy atom. The average molecular weight is 349 g/mol. The summed E-state index contributed by atoms with van der Waals surface area (Å²) in [5.41, 5.74) is 0.720. The zero-order valence-electron chi connectivity index (χ0n) is 14.2. The first-order valence-corrected chi connectivity index (χ1v) is 8.57. The number of carbonyl (C=O) groups is 1. The van der Waals surface area contributed by atoms with Crippen LogP contribution in [0.5, 0.6) is 0 Å². The molecule has 4 rings (SSSR count). The van der Waals surface area contributed by atoms with Gasteiger partial charge < -0.3 is 10.2 Å². The highest BCUT2D eigenvalue weighted by Crippen LogP contribution is 2.23. The van der Waals surface area contributed by atoms with Gasteiger partial charge in [0, 0.05) is 37.7 Å². The number of aromatic nitrogens is 5. The Morgan fingerprint density at radius 3 is 2.92 bits per heavy atom. The molecule has 0 saturated carbocycles. The molecule has 1 aliphatic rings. The highest BCUT2D eigenvalue weighted by molar-refractivity contribution is 5.92. The van der Waals surface area contributed by atoms with Crippen molar-refractivity contribution in [2.45, 2.75) is 12.8 Å². The summed E-state index contributed by atoms with van der Waals surface area (Å²) >= 11 is 0. The molecule has 1 amide bonds. The fraction of sp³-hybridized carbons (Fsp3) is 0.278. The van der Waals surface area contributed by atoms with Crippen molar-refractivity contribution in [2.75, 3.05) is 23.3 Å². The van der Waals surface area contributed by atoms with Crippen molar-refractivity contribution in [1.82, 2.24) is 24.7 Å². The van der Waals surface area contributed by atoms with Gasteiger partial charge in [0.15, 0.2) is 5.82 Å². The summed E-state index contributed by atoms with van der Waals surface area (Å²) < 4.78 is 1.70. The minimum Gasteiger partial charge on any atom is -0.356 e. The lowest BCUT2D eigenvalue weighted by atomic mass is 9.97. The van der Waals surface area contributed by atoms with Crippen molar-refractivity contribution in [3.63, 3.8) is 0 Å². The normalized spacial score (nSPS) is 17.1. The third-order valence-corrected chi connectivity index (χ3v) is 4.42. The van der Waals surface area contributed by atoms with Crippen molar-refractivity contribution in [3.8, 4) is 5.82 Å². The minimum absolute atomic E-state index is 0.0176. The van der Waals surface area contributed by atoms with E-state index >= 15 is 0 Å². The fourth-order valence-corrected chi connectivity index (χ4v) is 3.12. The molecule has 3 aromatic heterocycles. The first kappa shape index (κ1) is 16.2. The molecule has 132 valence electrons. The Hall–Kier alpha value is -3.29. The molecule has 26 heavy (non-hydrogen) atoms. The van der Waals surface area contributed by atoms with E-state index in [0.29, 0.717) is 12.4 Å². The molecule has 0 aromatic carbocycles. The van der Waals surface area contributed by atoms with Crippen LogP contribution in [0, 0.1) is 5.92 Å². The van der Waals surface area contributed by atoms with Crippen LogP contribution in [0.25, 0.3) is 5.82 Å². The van der Waals surface area contributed by atoms with E-state index in [9.17, 15) is 4.79 Å². The maximum Gasteiger partial charge on any atom is 0.229 e. The fourth-order valence-electron chi connectivity index (χ4n) is 3.12. The summed E-state index contributed by atoms with van der Waals surface area (Å²) in [6.45, 7) is 1.49. The Morgan fingerprint density at radius 2 is 2.12 bits per heavy atom. The number of hydrogen-bond donors (Lipinski definition) is 1. The minimum atomic E-state index is -0.0907. The predicted molar refractivity (Wildman–Crippen MR) is 97.0 cm³/mol. The molecule has 8 heteroatoms. The first-order chi connectivity index (χ1) is 12.8. The van der Waals surface area contributed by atoms with E-state index in [0.717, 1.165) is 30.9 Å². The van der Waals surface area contributed by atoms with Gasteiger partial charge >= 0.3 is 0 Å². The lowest BCUT2D eigenvalue weighted by Crippen LogP contribution is -2.41. The monoisotopic (exact) mass is 349 g/mol. The Kier molecular flexibility index (Phi) is 4.55. The molecule has 4 heterocycles. The first-order valence-electron chi connectivity index (χ1n) is 8.57. The van der Waals surface area contributed by atoms with Crippen LogP contribution in [0.4, 0.5) is 11.5 Å². The number of carbonyl (C=O) groups excluding carboxylic acids is 1. The van der Waals surface area contributed by atoms with E-state index in [4.69, 9.17) is 0 Å². The van der Waals surface area contributed by atoms with Crippen LogP contribution in [0.15, 0.2) is 55.4 Å². The lowest BCUT2D eigenvalue weighted by Gasteiger charge is -2.32. The lowest BCUT2D eigenvalue weighted by molar-refractivity contribution is -0.120. The molecular formula is C18H19N7O. The Balaban J connectivity index is 1.47. The second-order valence-corrected chi connectivity index (χ2v) is 6.20. The molecule has 8 nitrogen and oxygen atoms in total. The number of pyridine rings is 1. The molecule has 1 N–H and O–H groups in total. The summed E-state index contributed by atoms with van der Waals surface area (Å²) in [7, 11) is 0. The number of amides is 1. The average Bonchev–Trinajstić information content (AvgIpc) is 3.24. The largest absolute Gasteiger partial charge is 0.356 e. The highest BCUT2D eigenvalue weighted by atomic mass is 16.1. The van der Waals surface area contributed by atoms with Gasteiger partial charge in [-0.2, -0.15) is 5.10 Å². The quantitative estimate of drug-likeness (QED) is 0.774. The van der Waals surface area contributed by atoms with E-state index in [1.165, 1.54) is 6.33 Å². The van der Waals surface area contributed by atoms with Crippen LogP contribution in [0.3, 0.4) is 0 Å². The summed E-state index contributed by atoms with van der Waals surface area (Å²) in [5.74, 6) is 1.45. The van der Waals surface area contributed by atoms with E-state index < -0.39 is 0 Å². The van der Waals surface area contributed by atoms with Gasteiger partial charge in [-0.15, -0.1) is 0 Å². The van der Waals surface area contributed by atoms with Gasteiger partial charge in [-0.3, -0.25) is 9.78 Å². The molecule has 3 aromatic rings. The number of piperidine rings is 1. The molecule has 1 fully saturated rings. The van der Waals surface area contributed by atoms with Crippen LogP contribution >= 0.6 is 0 Å². The smallest absolute Gasteiger partial charge is 0.229 e. The van der Waals surface area contributed by atoms with Gasteiger partial charge in [0.05, 0.1) is 17.8 Å². The molecular weight excluding hydrogens is 330 g/mol. The van der Waals surface area contributed by atoms with Crippen LogP contribution in [0.1, 0.15) is 12.8 Å². The molecule has 1 saturated heterocycles. The molecule has 0 spiro atoms.